The molecule has 41 heavy (non-hydrogen) atoms. The number of aromatic nitrogens is 1. The van der Waals surface area contributed by atoms with Gasteiger partial charge in [0.1, 0.15) is 17.1 Å². The molecular formula is C25H18F8N2O6. The summed E-state index contributed by atoms with van der Waals surface area (Å²) in [5.41, 5.74) is -4.50. The first-order chi connectivity index (χ1) is 19.0. The second-order valence-electron chi connectivity index (χ2n) is 8.22. The van der Waals surface area contributed by atoms with E-state index in [-0.39, 0.29) is 6.07 Å². The van der Waals surface area contributed by atoms with Gasteiger partial charge in [0.05, 0.1) is 30.7 Å². The number of esters is 1. The fourth-order valence-corrected chi connectivity index (χ4v) is 3.23. The quantitative estimate of drug-likeness (QED) is 0.224. The van der Waals surface area contributed by atoms with Crippen molar-refractivity contribution in [3.05, 3.63) is 71.1 Å². The highest BCUT2D eigenvalue weighted by Gasteiger charge is 2.38. The van der Waals surface area contributed by atoms with Crippen LogP contribution in [0.4, 0.5) is 40.8 Å². The number of nitrogens with one attached hydrogen (secondary N) is 1. The minimum absolute atomic E-state index is 0.252. The number of carbonyl (C=O) groups excluding carboxylic acids is 2. The van der Waals surface area contributed by atoms with E-state index in [9.17, 15) is 40.3 Å². The third-order valence-electron chi connectivity index (χ3n) is 4.88. The van der Waals surface area contributed by atoms with Gasteiger partial charge in [-0.05, 0) is 44.2 Å². The summed E-state index contributed by atoms with van der Waals surface area (Å²) in [6, 6.07) is 3.86. The molecule has 16 heteroatoms. The van der Waals surface area contributed by atoms with Gasteiger partial charge in [-0.2, -0.15) is 13.2 Å². The van der Waals surface area contributed by atoms with Gasteiger partial charge in [0, 0.05) is 6.07 Å². The number of pyridine rings is 1. The molecule has 0 aliphatic carbocycles. The summed E-state index contributed by atoms with van der Waals surface area (Å²) in [7, 11) is 1.01. The lowest BCUT2D eigenvalue weighted by atomic mass is 10.1. The molecule has 0 atom stereocenters. The molecular weight excluding hydrogens is 576 g/mol. The first kappa shape index (κ1) is 30.9. The summed E-state index contributed by atoms with van der Waals surface area (Å²) in [6.07, 6.45) is -10.4. The van der Waals surface area contributed by atoms with Crippen LogP contribution in [0.15, 0.2) is 42.6 Å². The molecule has 1 aromatic heterocycles. The highest BCUT2D eigenvalue weighted by molar-refractivity contribution is 6.07. The van der Waals surface area contributed by atoms with Gasteiger partial charge in [0.25, 0.3) is 5.91 Å². The average Bonchev–Trinajstić information content (AvgIpc) is 2.84. The van der Waals surface area contributed by atoms with Crippen molar-refractivity contribution in [2.45, 2.75) is 32.5 Å². The second-order valence-corrected chi connectivity index (χ2v) is 8.22. The largest absolute Gasteiger partial charge is 0.573 e. The van der Waals surface area contributed by atoms with Crippen LogP contribution < -0.4 is 19.5 Å². The molecule has 0 aliphatic heterocycles. The van der Waals surface area contributed by atoms with Crippen LogP contribution in [0, 0.1) is 11.6 Å². The second kappa shape index (κ2) is 11.9. The number of nitrogens with zero attached hydrogens (tertiary/aromatic N) is 1. The van der Waals surface area contributed by atoms with Crippen LogP contribution in [0.3, 0.4) is 0 Å². The highest BCUT2D eigenvalue weighted by atomic mass is 19.4. The van der Waals surface area contributed by atoms with Crippen molar-refractivity contribution >= 4 is 17.6 Å². The molecule has 8 nitrogen and oxygen atoms in total. The Bertz CT molecular complexity index is 1460. The van der Waals surface area contributed by atoms with Crippen LogP contribution in [0.1, 0.15) is 40.3 Å². The molecule has 2 aromatic carbocycles. The van der Waals surface area contributed by atoms with Crippen molar-refractivity contribution in [3.63, 3.8) is 0 Å². The van der Waals surface area contributed by atoms with Crippen LogP contribution in [0.2, 0.25) is 0 Å². The molecule has 0 saturated carbocycles. The van der Waals surface area contributed by atoms with Crippen LogP contribution >= 0.6 is 0 Å². The summed E-state index contributed by atoms with van der Waals surface area (Å²) in [5, 5.41) is 1.86. The number of ether oxygens (including phenoxy) is 4. The van der Waals surface area contributed by atoms with Crippen LogP contribution in [0.25, 0.3) is 0 Å². The molecule has 220 valence electrons. The van der Waals surface area contributed by atoms with Gasteiger partial charge in [-0.3, -0.25) is 4.79 Å². The Hall–Kier alpha value is -4.63. The normalized spacial score (nSPS) is 11.7. The first-order valence-corrected chi connectivity index (χ1v) is 11.2. The average molecular weight is 594 g/mol. The SMILES string of the molecule is COc1cc(OC(F)(F)F)ccc1Oc1ccc(C(F)(F)F)c(F)c1C(=O)Nc1cc(C(=O)OC(C)C)ncc1F. The molecule has 1 amide bonds. The highest BCUT2D eigenvalue weighted by Crippen LogP contribution is 2.41. The van der Waals surface area contributed by atoms with E-state index in [2.05, 4.69) is 9.72 Å². The molecule has 1 N–H and O–H groups in total. The van der Waals surface area contributed by atoms with E-state index in [4.69, 9.17) is 14.2 Å². The number of anilines is 1. The lowest BCUT2D eigenvalue weighted by molar-refractivity contribution is -0.274. The Morgan fingerprint density at radius 2 is 1.59 bits per heavy atom. The van der Waals surface area contributed by atoms with Gasteiger partial charge in [-0.15, -0.1) is 13.2 Å². The van der Waals surface area contributed by atoms with Crippen molar-refractivity contribution in [3.8, 4) is 23.0 Å². The lowest BCUT2D eigenvalue weighted by Gasteiger charge is -2.18. The standard InChI is InChI=1S/C25H18F8N2O6/c1-11(2)39-23(37)16-9-15(14(26)10-34-16)35-22(36)20-18(7-5-13(21(20)27)24(28,29)30)40-17-6-4-12(8-19(17)38-3)41-25(31,32)33/h4-11H,1-3H3,(H,34,35,36). The van der Waals surface area contributed by atoms with Crippen molar-refractivity contribution < 1.29 is 63.7 Å². The number of halogens is 8. The zero-order chi connectivity index (χ0) is 30.7. The molecule has 3 rings (SSSR count). The van der Waals surface area contributed by atoms with Crippen molar-refractivity contribution in [2.75, 3.05) is 12.4 Å². The molecule has 0 unspecified atom stereocenters. The monoisotopic (exact) mass is 594 g/mol. The van der Waals surface area contributed by atoms with Crippen LogP contribution in [-0.2, 0) is 10.9 Å². The number of amides is 1. The lowest BCUT2D eigenvalue weighted by Crippen LogP contribution is -2.20. The first-order valence-electron chi connectivity index (χ1n) is 11.2. The number of methoxy groups -OCH3 is 1. The number of carbonyl (C=O) groups is 2. The Balaban J connectivity index is 2.06. The summed E-state index contributed by atoms with van der Waals surface area (Å²) in [5.74, 6) is -8.52. The molecule has 0 fully saturated rings. The van der Waals surface area contributed by atoms with E-state index >= 15 is 4.39 Å². The molecule has 3 aromatic rings. The third-order valence-corrected chi connectivity index (χ3v) is 4.88. The van der Waals surface area contributed by atoms with Gasteiger partial charge in [-0.25, -0.2) is 18.6 Å². The Kier molecular flexibility index (Phi) is 8.94. The topological polar surface area (TPSA) is 96.0 Å². The van der Waals surface area contributed by atoms with Crippen LogP contribution in [-0.4, -0.2) is 36.4 Å². The predicted molar refractivity (Wildman–Crippen MR) is 124 cm³/mol. The van der Waals surface area contributed by atoms with E-state index in [1.807, 2.05) is 5.32 Å². The van der Waals surface area contributed by atoms with Gasteiger partial charge in [0.15, 0.2) is 28.8 Å². The summed E-state index contributed by atoms with van der Waals surface area (Å²) < 4.78 is 126. The van der Waals surface area contributed by atoms with Crippen LogP contribution in [0.5, 0.6) is 23.0 Å². The Labute approximate surface area is 225 Å². The van der Waals surface area contributed by atoms with Crippen molar-refractivity contribution in [1.82, 2.24) is 4.98 Å². The van der Waals surface area contributed by atoms with E-state index in [0.717, 1.165) is 19.2 Å². The third kappa shape index (κ3) is 7.73. The number of benzene rings is 2. The molecule has 0 spiro atoms. The maximum atomic E-state index is 15.2. The van der Waals surface area contributed by atoms with E-state index in [1.165, 1.54) is 13.8 Å². The van der Waals surface area contributed by atoms with Crippen molar-refractivity contribution in [1.29, 1.82) is 0 Å². The van der Waals surface area contributed by atoms with E-state index < -0.39 is 87.7 Å². The van der Waals surface area contributed by atoms with Gasteiger partial charge >= 0.3 is 18.5 Å². The number of alkyl halides is 6. The van der Waals surface area contributed by atoms with Crippen molar-refractivity contribution in [2.24, 2.45) is 0 Å². The predicted octanol–water partition coefficient (Wildman–Crippen LogP) is 6.90. The smallest absolute Gasteiger partial charge is 0.493 e. The number of hydrogen-bond donors (Lipinski definition) is 1. The Morgan fingerprint density at radius 1 is 0.927 bits per heavy atom. The summed E-state index contributed by atoms with van der Waals surface area (Å²) in [4.78, 5) is 28.6. The van der Waals surface area contributed by atoms with Gasteiger partial charge < -0.3 is 24.3 Å². The van der Waals surface area contributed by atoms with Gasteiger partial charge in [-0.1, -0.05) is 0 Å². The summed E-state index contributed by atoms with van der Waals surface area (Å²) >= 11 is 0. The maximum Gasteiger partial charge on any atom is 0.573 e. The number of rotatable bonds is 8. The minimum Gasteiger partial charge on any atom is -0.493 e. The zero-order valence-electron chi connectivity index (χ0n) is 21.0. The molecule has 0 bridgehead atoms. The summed E-state index contributed by atoms with van der Waals surface area (Å²) in [6.45, 7) is 3.02. The minimum atomic E-state index is -5.28. The molecule has 0 radical (unpaired) electrons. The fourth-order valence-electron chi connectivity index (χ4n) is 3.23. The zero-order valence-corrected chi connectivity index (χ0v) is 21.0. The number of hydrogen-bond acceptors (Lipinski definition) is 7. The fraction of sp³-hybridized carbons (Fsp3) is 0.240. The van der Waals surface area contributed by atoms with Gasteiger partial charge in [0.2, 0.25) is 0 Å². The van der Waals surface area contributed by atoms with E-state index in [0.29, 0.717) is 24.4 Å². The molecule has 0 saturated heterocycles. The Morgan fingerprint density at radius 3 is 2.17 bits per heavy atom. The van der Waals surface area contributed by atoms with E-state index in [1.54, 1.807) is 0 Å². The molecule has 0 aliphatic rings. The maximum absolute atomic E-state index is 15.2. The molecule has 1 heterocycles.